The topological polar surface area (TPSA) is 67.6 Å². The Kier molecular flexibility index (Phi) is 4.55. The smallest absolute Gasteiger partial charge is 0.293 e. The number of hydrogen-bond acceptors (Lipinski definition) is 5. The number of aryl methyl sites for hydroxylation is 1. The molecule has 0 radical (unpaired) electrons. The Balaban J connectivity index is 2.29. The molecule has 2 unspecified atom stereocenters. The van der Waals surface area contributed by atoms with Gasteiger partial charge in [-0.3, -0.25) is 4.79 Å². The summed E-state index contributed by atoms with van der Waals surface area (Å²) >= 11 is 0. The molecule has 0 spiro atoms. The van der Waals surface area contributed by atoms with Crippen LogP contribution in [-0.4, -0.2) is 46.6 Å². The summed E-state index contributed by atoms with van der Waals surface area (Å²) in [5.41, 5.74) is -0.0743. The number of morpholine rings is 1. The highest BCUT2D eigenvalue weighted by Gasteiger charge is 2.28. The van der Waals surface area contributed by atoms with E-state index in [1.54, 1.807) is 17.0 Å². The van der Waals surface area contributed by atoms with Crippen LogP contribution in [-0.2, 0) is 11.3 Å². The number of nitrogens with zero attached hydrogens (tertiary/aromatic N) is 3. The molecule has 0 saturated carbocycles. The predicted octanol–water partition coefficient (Wildman–Crippen LogP) is 0.239. The highest BCUT2D eigenvalue weighted by molar-refractivity contribution is 5.38. The maximum atomic E-state index is 12.4. The Morgan fingerprint density at radius 1 is 1.58 bits per heavy atom. The van der Waals surface area contributed by atoms with E-state index in [-0.39, 0.29) is 24.3 Å². The molecule has 6 nitrogen and oxygen atoms in total. The summed E-state index contributed by atoms with van der Waals surface area (Å²) in [5, 5.41) is 9.19. The number of ether oxygens (including phenoxy) is 1. The van der Waals surface area contributed by atoms with Crippen LogP contribution in [0.4, 0.5) is 5.82 Å². The van der Waals surface area contributed by atoms with E-state index in [1.807, 2.05) is 18.7 Å². The average molecular weight is 267 g/mol. The lowest BCUT2D eigenvalue weighted by molar-refractivity contribution is -0.0106. The Labute approximate surface area is 112 Å². The number of anilines is 1. The van der Waals surface area contributed by atoms with Gasteiger partial charge in [-0.25, -0.2) is 4.98 Å². The largest absolute Gasteiger partial charge is 0.394 e. The standard InChI is InChI=1S/C13H21N3O3/c1-3-5-15-6-4-14-12(13(15)18)16-7-11(8-17)19-9-10(16)2/h4,6,10-11,17H,3,5,7-9H2,1-2H3. The van der Waals surface area contributed by atoms with E-state index in [9.17, 15) is 9.90 Å². The number of hydrogen-bond donors (Lipinski definition) is 1. The van der Waals surface area contributed by atoms with Crippen molar-refractivity contribution in [3.63, 3.8) is 0 Å². The SMILES string of the molecule is CCCn1ccnc(N2CC(CO)OCC2C)c1=O. The summed E-state index contributed by atoms with van der Waals surface area (Å²) in [5.74, 6) is 0.449. The highest BCUT2D eigenvalue weighted by Crippen LogP contribution is 2.16. The van der Waals surface area contributed by atoms with Crippen molar-refractivity contribution in [2.24, 2.45) is 0 Å². The number of aromatic nitrogens is 2. The third-order valence-corrected chi connectivity index (χ3v) is 3.34. The van der Waals surface area contributed by atoms with Gasteiger partial charge in [0.15, 0.2) is 5.82 Å². The van der Waals surface area contributed by atoms with Gasteiger partial charge in [-0.1, -0.05) is 6.92 Å². The molecule has 2 atom stereocenters. The van der Waals surface area contributed by atoms with Gasteiger partial charge in [-0.15, -0.1) is 0 Å². The fraction of sp³-hybridized carbons (Fsp3) is 0.692. The van der Waals surface area contributed by atoms with Crippen molar-refractivity contribution in [1.82, 2.24) is 9.55 Å². The van der Waals surface area contributed by atoms with Gasteiger partial charge in [0.25, 0.3) is 5.56 Å². The van der Waals surface area contributed by atoms with E-state index in [2.05, 4.69) is 4.98 Å². The van der Waals surface area contributed by atoms with Gasteiger partial charge in [0.2, 0.25) is 0 Å². The summed E-state index contributed by atoms with van der Waals surface area (Å²) in [6, 6.07) is 0.0838. The molecule has 1 N–H and O–H groups in total. The molecule has 106 valence electrons. The van der Waals surface area contributed by atoms with Crippen LogP contribution in [0, 0.1) is 0 Å². The first kappa shape index (κ1) is 14.0. The van der Waals surface area contributed by atoms with Gasteiger partial charge in [-0.2, -0.15) is 0 Å². The quantitative estimate of drug-likeness (QED) is 0.846. The van der Waals surface area contributed by atoms with E-state index in [0.717, 1.165) is 6.42 Å². The first-order valence-electron chi connectivity index (χ1n) is 6.72. The van der Waals surface area contributed by atoms with Gasteiger partial charge < -0.3 is 19.3 Å². The molecule has 1 aliphatic heterocycles. The van der Waals surface area contributed by atoms with Crippen molar-refractivity contribution in [2.45, 2.75) is 39.0 Å². The first-order chi connectivity index (χ1) is 9.17. The van der Waals surface area contributed by atoms with Crippen molar-refractivity contribution in [1.29, 1.82) is 0 Å². The molecule has 1 aromatic rings. The molecule has 0 aliphatic carbocycles. The summed E-state index contributed by atoms with van der Waals surface area (Å²) in [4.78, 5) is 18.5. The molecular formula is C13H21N3O3. The average Bonchev–Trinajstić information content (AvgIpc) is 2.42. The van der Waals surface area contributed by atoms with Crippen LogP contribution in [0.15, 0.2) is 17.2 Å². The second kappa shape index (κ2) is 6.16. The third-order valence-electron chi connectivity index (χ3n) is 3.34. The van der Waals surface area contributed by atoms with E-state index in [1.165, 1.54) is 0 Å². The van der Waals surface area contributed by atoms with Gasteiger partial charge in [0.1, 0.15) is 0 Å². The zero-order valence-corrected chi connectivity index (χ0v) is 11.5. The molecule has 6 heteroatoms. The van der Waals surface area contributed by atoms with Crippen molar-refractivity contribution >= 4 is 5.82 Å². The maximum Gasteiger partial charge on any atom is 0.293 e. The minimum Gasteiger partial charge on any atom is -0.394 e. The van der Waals surface area contributed by atoms with Gasteiger partial charge in [-0.05, 0) is 13.3 Å². The normalized spacial score (nSPS) is 23.6. The van der Waals surface area contributed by atoms with Crippen LogP contribution < -0.4 is 10.5 Å². The zero-order valence-electron chi connectivity index (χ0n) is 11.5. The Morgan fingerprint density at radius 3 is 3.05 bits per heavy atom. The Bertz CT molecular complexity index is 474. The van der Waals surface area contributed by atoms with Crippen LogP contribution in [0.5, 0.6) is 0 Å². The molecule has 1 aliphatic rings. The van der Waals surface area contributed by atoms with E-state index in [4.69, 9.17) is 4.74 Å². The van der Waals surface area contributed by atoms with Crippen molar-refractivity contribution in [2.75, 3.05) is 24.7 Å². The molecular weight excluding hydrogens is 246 g/mol. The summed E-state index contributed by atoms with van der Waals surface area (Å²) in [7, 11) is 0. The van der Waals surface area contributed by atoms with Gasteiger partial charge >= 0.3 is 0 Å². The fourth-order valence-corrected chi connectivity index (χ4v) is 2.27. The van der Waals surface area contributed by atoms with Crippen LogP contribution in [0.2, 0.25) is 0 Å². The van der Waals surface area contributed by atoms with Crippen molar-refractivity contribution in [3.05, 3.63) is 22.7 Å². The first-order valence-corrected chi connectivity index (χ1v) is 6.72. The second-order valence-electron chi connectivity index (χ2n) is 4.89. The van der Waals surface area contributed by atoms with Crippen LogP contribution in [0.25, 0.3) is 0 Å². The lowest BCUT2D eigenvalue weighted by Crippen LogP contribution is -2.52. The Morgan fingerprint density at radius 2 is 2.37 bits per heavy atom. The lowest BCUT2D eigenvalue weighted by atomic mass is 10.2. The van der Waals surface area contributed by atoms with E-state index < -0.39 is 0 Å². The molecule has 1 aromatic heterocycles. The minimum atomic E-state index is -0.253. The van der Waals surface area contributed by atoms with E-state index in [0.29, 0.717) is 25.5 Å². The summed E-state index contributed by atoms with van der Waals surface area (Å²) < 4.78 is 7.16. The molecule has 0 amide bonds. The predicted molar refractivity (Wildman–Crippen MR) is 72.4 cm³/mol. The number of aliphatic hydroxyl groups is 1. The fourth-order valence-electron chi connectivity index (χ4n) is 2.27. The zero-order chi connectivity index (χ0) is 13.8. The molecule has 1 saturated heterocycles. The summed E-state index contributed by atoms with van der Waals surface area (Å²) in [6.45, 7) is 5.67. The van der Waals surface area contributed by atoms with Crippen LogP contribution in [0.1, 0.15) is 20.3 Å². The molecule has 1 fully saturated rings. The second-order valence-corrected chi connectivity index (χ2v) is 4.89. The maximum absolute atomic E-state index is 12.4. The van der Waals surface area contributed by atoms with Gasteiger partial charge in [0, 0.05) is 25.5 Å². The van der Waals surface area contributed by atoms with Crippen LogP contribution in [0.3, 0.4) is 0 Å². The summed E-state index contributed by atoms with van der Waals surface area (Å²) in [6.07, 6.45) is 4.02. The molecule has 19 heavy (non-hydrogen) atoms. The lowest BCUT2D eigenvalue weighted by Gasteiger charge is -2.37. The Hall–Kier alpha value is -1.40. The minimum absolute atomic E-state index is 0.0425. The molecule has 2 heterocycles. The van der Waals surface area contributed by atoms with Gasteiger partial charge in [0.05, 0.1) is 25.4 Å². The third kappa shape index (κ3) is 2.96. The van der Waals surface area contributed by atoms with E-state index >= 15 is 0 Å². The highest BCUT2D eigenvalue weighted by atomic mass is 16.5. The van der Waals surface area contributed by atoms with Crippen molar-refractivity contribution in [3.8, 4) is 0 Å². The van der Waals surface area contributed by atoms with Crippen LogP contribution >= 0.6 is 0 Å². The molecule has 0 bridgehead atoms. The van der Waals surface area contributed by atoms with Crippen molar-refractivity contribution < 1.29 is 9.84 Å². The monoisotopic (exact) mass is 267 g/mol. The molecule has 0 aromatic carbocycles. The number of aliphatic hydroxyl groups excluding tert-OH is 1. The molecule has 2 rings (SSSR count). The number of rotatable bonds is 4.